The smallest absolute Gasteiger partial charge is 0.110 e. The first-order valence-corrected chi connectivity index (χ1v) is 5.56. The van der Waals surface area contributed by atoms with Crippen LogP contribution in [0.2, 0.25) is 0 Å². The van der Waals surface area contributed by atoms with Gasteiger partial charge in [-0.25, -0.2) is 0 Å². The maximum Gasteiger partial charge on any atom is 0.110 e. The van der Waals surface area contributed by atoms with Gasteiger partial charge in [-0.2, -0.15) is 0 Å². The lowest BCUT2D eigenvalue weighted by Gasteiger charge is -2.55. The van der Waals surface area contributed by atoms with E-state index in [4.69, 9.17) is 4.42 Å². The summed E-state index contributed by atoms with van der Waals surface area (Å²) < 4.78 is 5.53. The molecule has 2 heterocycles. The van der Waals surface area contributed by atoms with Crippen LogP contribution >= 0.6 is 0 Å². The monoisotopic (exact) mass is 191 g/mol. The molecule has 0 aromatic carbocycles. The summed E-state index contributed by atoms with van der Waals surface area (Å²) in [7, 11) is 0. The van der Waals surface area contributed by atoms with E-state index < -0.39 is 0 Å². The molecule has 3 unspecified atom stereocenters. The molecule has 1 aromatic rings. The lowest BCUT2D eigenvalue weighted by Crippen LogP contribution is -2.60. The highest BCUT2D eigenvalue weighted by atomic mass is 16.3. The summed E-state index contributed by atoms with van der Waals surface area (Å²) in [6.07, 6.45) is 4.15. The van der Waals surface area contributed by atoms with Gasteiger partial charge in [0.2, 0.25) is 0 Å². The highest BCUT2D eigenvalue weighted by Crippen LogP contribution is 2.52. The summed E-state index contributed by atoms with van der Waals surface area (Å²) in [5.74, 6) is 2.78. The lowest BCUT2D eigenvalue weighted by atomic mass is 9.57. The van der Waals surface area contributed by atoms with Crippen molar-refractivity contribution in [3.8, 4) is 0 Å². The number of nitrogens with one attached hydrogen (secondary N) is 1. The van der Waals surface area contributed by atoms with Gasteiger partial charge >= 0.3 is 0 Å². The Morgan fingerprint density at radius 3 is 3.07 bits per heavy atom. The second-order valence-electron chi connectivity index (χ2n) is 4.88. The summed E-state index contributed by atoms with van der Waals surface area (Å²) in [6.45, 7) is 5.76. The lowest BCUT2D eigenvalue weighted by molar-refractivity contribution is 0.0176. The van der Waals surface area contributed by atoms with E-state index in [-0.39, 0.29) is 5.54 Å². The molecule has 0 bridgehead atoms. The Balaban J connectivity index is 2.04. The predicted molar refractivity (Wildman–Crippen MR) is 55.0 cm³/mol. The van der Waals surface area contributed by atoms with E-state index >= 15 is 0 Å². The number of fused-ring (bicyclic) bond motifs is 2. The van der Waals surface area contributed by atoms with Gasteiger partial charge in [-0.15, -0.1) is 0 Å². The molecule has 2 heteroatoms. The van der Waals surface area contributed by atoms with Crippen molar-refractivity contribution in [2.24, 2.45) is 11.8 Å². The van der Waals surface area contributed by atoms with E-state index in [1.54, 1.807) is 0 Å². The Morgan fingerprint density at radius 1 is 1.50 bits per heavy atom. The fourth-order valence-electron chi connectivity index (χ4n) is 3.21. The predicted octanol–water partition coefficient (Wildman–Crippen LogP) is 2.30. The normalized spacial score (nSPS) is 40.7. The zero-order valence-electron chi connectivity index (χ0n) is 8.84. The molecular formula is C12H17NO. The topological polar surface area (TPSA) is 25.2 Å². The number of furan rings is 1. The van der Waals surface area contributed by atoms with Crippen molar-refractivity contribution < 1.29 is 4.42 Å². The molecule has 1 N–H and O–H groups in total. The third-order valence-corrected chi connectivity index (χ3v) is 4.29. The molecule has 0 amide bonds. The van der Waals surface area contributed by atoms with Gasteiger partial charge in [0.1, 0.15) is 5.76 Å². The zero-order chi connectivity index (χ0) is 9.76. The molecule has 1 aliphatic carbocycles. The summed E-state index contributed by atoms with van der Waals surface area (Å²) in [5.41, 5.74) is 1.68. The van der Waals surface area contributed by atoms with E-state index in [2.05, 4.69) is 25.2 Å². The minimum absolute atomic E-state index is 0.250. The van der Waals surface area contributed by atoms with Crippen LogP contribution in [-0.2, 0) is 12.0 Å². The van der Waals surface area contributed by atoms with Gasteiger partial charge in [-0.05, 0) is 24.3 Å². The number of hydrogen-bond donors (Lipinski definition) is 1. The standard InChI is InChI=1S/C12H17NO/c1-8-7-12(9(8)2)10-4-6-14-11(10)3-5-13-12/h4,6,8-9,13H,3,5,7H2,1-2H3. The van der Waals surface area contributed by atoms with E-state index in [9.17, 15) is 0 Å². The summed E-state index contributed by atoms with van der Waals surface area (Å²) >= 11 is 0. The van der Waals surface area contributed by atoms with Crippen LogP contribution in [0.4, 0.5) is 0 Å². The number of hydrogen-bond acceptors (Lipinski definition) is 2. The molecule has 1 saturated carbocycles. The van der Waals surface area contributed by atoms with Gasteiger partial charge in [-0.1, -0.05) is 13.8 Å². The Labute approximate surface area is 84.7 Å². The second-order valence-corrected chi connectivity index (χ2v) is 4.88. The Bertz CT molecular complexity index is 357. The molecular weight excluding hydrogens is 174 g/mol. The molecule has 1 aromatic heterocycles. The molecule has 2 aliphatic rings. The molecule has 76 valence electrons. The molecule has 1 spiro atoms. The van der Waals surface area contributed by atoms with Crippen LogP contribution in [0.5, 0.6) is 0 Å². The summed E-state index contributed by atoms with van der Waals surface area (Å²) in [5, 5.41) is 3.69. The van der Waals surface area contributed by atoms with Crippen LogP contribution in [0.25, 0.3) is 0 Å². The second kappa shape index (κ2) is 2.63. The molecule has 1 aliphatic heterocycles. The fourth-order valence-corrected chi connectivity index (χ4v) is 3.21. The third kappa shape index (κ3) is 0.850. The minimum Gasteiger partial charge on any atom is -0.469 e. The van der Waals surface area contributed by atoms with E-state index in [1.807, 2.05) is 6.26 Å². The summed E-state index contributed by atoms with van der Waals surface area (Å²) in [6, 6.07) is 2.16. The van der Waals surface area contributed by atoms with Crippen molar-refractivity contribution in [1.82, 2.24) is 5.32 Å². The van der Waals surface area contributed by atoms with Gasteiger partial charge in [-0.3, -0.25) is 0 Å². The van der Waals surface area contributed by atoms with Crippen molar-refractivity contribution in [3.05, 3.63) is 23.7 Å². The Kier molecular flexibility index (Phi) is 1.61. The molecule has 0 saturated heterocycles. The fraction of sp³-hybridized carbons (Fsp3) is 0.667. The molecule has 3 atom stereocenters. The molecule has 3 rings (SSSR count). The minimum atomic E-state index is 0.250. The Morgan fingerprint density at radius 2 is 2.36 bits per heavy atom. The molecule has 1 fully saturated rings. The highest BCUT2D eigenvalue weighted by molar-refractivity contribution is 5.34. The van der Waals surface area contributed by atoms with Crippen molar-refractivity contribution in [2.45, 2.75) is 32.2 Å². The third-order valence-electron chi connectivity index (χ3n) is 4.29. The maximum atomic E-state index is 5.53. The first-order chi connectivity index (χ1) is 6.74. The molecule has 14 heavy (non-hydrogen) atoms. The maximum absolute atomic E-state index is 5.53. The van der Waals surface area contributed by atoms with Crippen molar-refractivity contribution in [2.75, 3.05) is 6.54 Å². The van der Waals surface area contributed by atoms with Gasteiger partial charge in [0.15, 0.2) is 0 Å². The van der Waals surface area contributed by atoms with Crippen LogP contribution in [0.3, 0.4) is 0 Å². The average molecular weight is 191 g/mol. The van der Waals surface area contributed by atoms with Crippen LogP contribution in [0.1, 0.15) is 31.6 Å². The highest BCUT2D eigenvalue weighted by Gasteiger charge is 2.52. The van der Waals surface area contributed by atoms with E-state index in [1.165, 1.54) is 17.7 Å². The zero-order valence-corrected chi connectivity index (χ0v) is 8.84. The van der Waals surface area contributed by atoms with Crippen molar-refractivity contribution in [1.29, 1.82) is 0 Å². The van der Waals surface area contributed by atoms with Crippen LogP contribution in [-0.4, -0.2) is 6.54 Å². The molecule has 0 radical (unpaired) electrons. The van der Waals surface area contributed by atoms with Crippen LogP contribution in [0, 0.1) is 11.8 Å². The summed E-state index contributed by atoms with van der Waals surface area (Å²) in [4.78, 5) is 0. The van der Waals surface area contributed by atoms with Crippen LogP contribution < -0.4 is 5.32 Å². The number of rotatable bonds is 0. The Hall–Kier alpha value is -0.760. The van der Waals surface area contributed by atoms with E-state index in [0.29, 0.717) is 0 Å². The van der Waals surface area contributed by atoms with Gasteiger partial charge in [0.05, 0.1) is 11.8 Å². The van der Waals surface area contributed by atoms with Gasteiger partial charge in [0.25, 0.3) is 0 Å². The van der Waals surface area contributed by atoms with Crippen molar-refractivity contribution >= 4 is 0 Å². The van der Waals surface area contributed by atoms with Crippen molar-refractivity contribution in [3.63, 3.8) is 0 Å². The van der Waals surface area contributed by atoms with E-state index in [0.717, 1.165) is 24.8 Å². The first-order valence-electron chi connectivity index (χ1n) is 5.56. The largest absolute Gasteiger partial charge is 0.469 e. The average Bonchev–Trinajstić information content (AvgIpc) is 2.66. The molecule has 2 nitrogen and oxygen atoms in total. The van der Waals surface area contributed by atoms with Gasteiger partial charge in [0, 0.05) is 18.5 Å². The quantitative estimate of drug-likeness (QED) is 0.680. The van der Waals surface area contributed by atoms with Crippen LogP contribution in [0.15, 0.2) is 16.7 Å². The SMILES string of the molecule is CC1CC2(NCCc3occc32)C1C. The first kappa shape index (κ1) is 8.54. The van der Waals surface area contributed by atoms with Gasteiger partial charge < -0.3 is 9.73 Å².